The molecule has 0 spiro atoms. The van der Waals surface area contributed by atoms with Gasteiger partial charge in [0.05, 0.1) is 32.4 Å². The highest BCUT2D eigenvalue weighted by molar-refractivity contribution is 7.18. The van der Waals surface area contributed by atoms with Crippen LogP contribution in [0.2, 0.25) is 4.34 Å². The van der Waals surface area contributed by atoms with Gasteiger partial charge in [-0.2, -0.15) is 0 Å². The molecular formula is C23H19ClFN3O4S. The average Bonchev–Trinajstić information content (AvgIpc) is 3.41. The second-order valence-electron chi connectivity index (χ2n) is 7.44. The zero-order valence-electron chi connectivity index (χ0n) is 17.5. The first-order valence-electron chi connectivity index (χ1n) is 10.0. The lowest BCUT2D eigenvalue weighted by molar-refractivity contribution is -0.119. The van der Waals surface area contributed by atoms with E-state index in [0.717, 1.165) is 11.3 Å². The Bertz CT molecular complexity index is 1300. The van der Waals surface area contributed by atoms with Crippen molar-refractivity contribution in [1.82, 2.24) is 4.57 Å². The molecule has 2 aromatic heterocycles. The van der Waals surface area contributed by atoms with E-state index in [2.05, 4.69) is 10.3 Å². The Balaban J connectivity index is 1.47. The number of anilines is 1. The van der Waals surface area contributed by atoms with Gasteiger partial charge in [-0.3, -0.25) is 19.0 Å². The third-order valence-electron chi connectivity index (χ3n) is 5.32. The molecule has 2 amide bonds. The van der Waals surface area contributed by atoms with Crippen molar-refractivity contribution in [2.75, 3.05) is 12.4 Å². The summed E-state index contributed by atoms with van der Waals surface area (Å²) in [5, 5.41) is 2.59. The molecule has 1 aliphatic carbocycles. The number of aliphatic imine (C=N–C) groups is 1. The van der Waals surface area contributed by atoms with Gasteiger partial charge in [-0.15, -0.1) is 11.3 Å². The number of hydrogen-bond acceptors (Lipinski definition) is 5. The van der Waals surface area contributed by atoms with E-state index in [1.807, 2.05) is 0 Å². The Morgan fingerprint density at radius 1 is 1.24 bits per heavy atom. The molecule has 2 heterocycles. The summed E-state index contributed by atoms with van der Waals surface area (Å²) in [6.07, 6.45) is 1.58. The van der Waals surface area contributed by atoms with Crippen LogP contribution in [0.3, 0.4) is 0 Å². The van der Waals surface area contributed by atoms with E-state index >= 15 is 0 Å². The number of hydrogen-bond donors (Lipinski definition) is 1. The first kappa shape index (κ1) is 23.0. The van der Waals surface area contributed by atoms with Crippen LogP contribution < -0.4 is 10.9 Å². The first-order chi connectivity index (χ1) is 15.9. The molecule has 0 unspecified atom stereocenters. The molecule has 7 nitrogen and oxygen atoms in total. The highest BCUT2D eigenvalue weighted by Crippen LogP contribution is 2.29. The minimum atomic E-state index is -0.670. The van der Waals surface area contributed by atoms with Gasteiger partial charge >= 0.3 is 0 Å². The van der Waals surface area contributed by atoms with E-state index in [1.165, 1.54) is 36.1 Å². The Kier molecular flexibility index (Phi) is 6.83. The van der Waals surface area contributed by atoms with Gasteiger partial charge in [0.2, 0.25) is 5.91 Å². The lowest BCUT2D eigenvalue weighted by Gasteiger charge is -2.12. The van der Waals surface area contributed by atoms with E-state index in [-0.39, 0.29) is 17.7 Å². The Hall–Kier alpha value is -3.14. The van der Waals surface area contributed by atoms with Gasteiger partial charge in [-0.25, -0.2) is 9.38 Å². The summed E-state index contributed by atoms with van der Waals surface area (Å²) < 4.78 is 21.9. The van der Waals surface area contributed by atoms with Crippen LogP contribution in [0.15, 0.2) is 64.5 Å². The summed E-state index contributed by atoms with van der Waals surface area (Å²) in [6, 6.07) is 12.0. The van der Waals surface area contributed by atoms with Crippen LogP contribution in [0.25, 0.3) is 5.69 Å². The summed E-state index contributed by atoms with van der Waals surface area (Å²) in [7, 11) is 1.48. The number of amides is 2. The predicted molar refractivity (Wildman–Crippen MR) is 125 cm³/mol. The van der Waals surface area contributed by atoms with Crippen molar-refractivity contribution >= 4 is 46.2 Å². The van der Waals surface area contributed by atoms with Gasteiger partial charge in [-0.1, -0.05) is 17.7 Å². The quantitative estimate of drug-likeness (QED) is 0.579. The molecule has 3 aromatic rings. The van der Waals surface area contributed by atoms with Crippen LogP contribution in [0.4, 0.5) is 10.1 Å². The number of ether oxygens (including phenoxy) is 1. The van der Waals surface area contributed by atoms with Crippen molar-refractivity contribution in [2.24, 2.45) is 10.9 Å². The molecule has 0 radical (unpaired) electrons. The van der Waals surface area contributed by atoms with E-state index in [9.17, 15) is 18.8 Å². The molecule has 170 valence electrons. The molecule has 1 saturated carbocycles. The highest BCUT2D eigenvalue weighted by atomic mass is 35.5. The van der Waals surface area contributed by atoms with Crippen LogP contribution >= 0.6 is 22.9 Å². The number of carbonyl (C=O) groups excluding carboxylic acids is 2. The van der Waals surface area contributed by atoms with Crippen LogP contribution in [0, 0.1) is 11.7 Å². The molecule has 1 fully saturated rings. The van der Waals surface area contributed by atoms with Crippen LogP contribution in [-0.2, 0) is 9.53 Å². The number of pyridine rings is 1. The summed E-state index contributed by atoms with van der Waals surface area (Å²) in [5.74, 6) is -2.05. The van der Waals surface area contributed by atoms with Crippen molar-refractivity contribution < 1.29 is 18.7 Å². The van der Waals surface area contributed by atoms with Gasteiger partial charge in [0.25, 0.3) is 11.5 Å². The topological polar surface area (TPSA) is 89.8 Å². The number of halogens is 2. The SMILES string of the molecule is CO[C@H]1C[C@@H](C(=O)Nc2ccc(-n3ccccc3=O)cc2F)CC1=NC(=O)c1ccc(Cl)s1. The van der Waals surface area contributed by atoms with Crippen molar-refractivity contribution in [3.05, 3.63) is 80.1 Å². The number of nitrogens with zero attached hydrogens (tertiary/aromatic N) is 2. The molecule has 4 rings (SSSR count). The predicted octanol–water partition coefficient (Wildman–Crippen LogP) is 4.34. The zero-order valence-corrected chi connectivity index (χ0v) is 19.0. The maximum atomic E-state index is 14.7. The Morgan fingerprint density at radius 2 is 2.06 bits per heavy atom. The molecule has 0 aliphatic heterocycles. The monoisotopic (exact) mass is 487 g/mol. The summed E-state index contributed by atoms with van der Waals surface area (Å²) in [5.41, 5.74) is 0.511. The first-order valence-corrected chi connectivity index (χ1v) is 11.2. The number of nitrogens with one attached hydrogen (secondary N) is 1. The van der Waals surface area contributed by atoms with Crippen molar-refractivity contribution in [1.29, 1.82) is 0 Å². The molecular weight excluding hydrogens is 469 g/mol. The van der Waals surface area contributed by atoms with Crippen molar-refractivity contribution in [3.8, 4) is 5.69 Å². The third-order valence-corrected chi connectivity index (χ3v) is 6.54. The van der Waals surface area contributed by atoms with Gasteiger partial charge < -0.3 is 10.1 Å². The van der Waals surface area contributed by atoms with E-state index < -0.39 is 29.7 Å². The Morgan fingerprint density at radius 3 is 2.73 bits per heavy atom. The minimum absolute atomic E-state index is 0.00334. The third kappa shape index (κ3) is 5.11. The van der Waals surface area contributed by atoms with Gasteiger partial charge in [0.15, 0.2) is 0 Å². The number of carbonyl (C=O) groups is 2. The molecule has 1 aliphatic rings. The molecule has 33 heavy (non-hydrogen) atoms. The molecule has 10 heteroatoms. The minimum Gasteiger partial charge on any atom is -0.375 e. The van der Waals surface area contributed by atoms with Crippen LogP contribution in [0.5, 0.6) is 0 Å². The van der Waals surface area contributed by atoms with Gasteiger partial charge in [0, 0.05) is 37.8 Å². The fourth-order valence-electron chi connectivity index (χ4n) is 3.66. The molecule has 2 atom stereocenters. The van der Waals surface area contributed by atoms with Crippen LogP contribution in [0.1, 0.15) is 22.5 Å². The summed E-state index contributed by atoms with van der Waals surface area (Å²) in [6.45, 7) is 0. The normalized spacial score (nSPS) is 19.1. The maximum absolute atomic E-state index is 14.7. The molecule has 1 aromatic carbocycles. The number of methoxy groups -OCH3 is 1. The zero-order chi connectivity index (χ0) is 23.5. The van der Waals surface area contributed by atoms with Crippen LogP contribution in [-0.4, -0.2) is 35.3 Å². The summed E-state index contributed by atoms with van der Waals surface area (Å²) in [4.78, 5) is 41.7. The lowest BCUT2D eigenvalue weighted by Crippen LogP contribution is -2.22. The van der Waals surface area contributed by atoms with Crippen molar-refractivity contribution in [2.45, 2.75) is 18.9 Å². The molecule has 1 N–H and O–H groups in total. The summed E-state index contributed by atoms with van der Waals surface area (Å²) >= 11 is 7.00. The Labute approximate surface area is 197 Å². The largest absolute Gasteiger partial charge is 0.375 e. The van der Waals surface area contributed by atoms with Crippen molar-refractivity contribution in [3.63, 3.8) is 0 Å². The molecule has 0 bridgehead atoms. The van der Waals surface area contributed by atoms with E-state index in [0.29, 0.717) is 27.0 Å². The fraction of sp³-hybridized carbons (Fsp3) is 0.217. The second-order valence-corrected chi connectivity index (χ2v) is 9.15. The number of aromatic nitrogens is 1. The standard InChI is InChI=1S/C23H19ClFN3O4S/c1-32-18-11-13(10-17(18)27-23(31)19-7-8-20(24)33-19)22(30)26-16-6-5-14(12-15(16)25)28-9-3-2-4-21(28)29/h2-9,12-13,18H,10-11H2,1H3,(H,26,30)/t13-,18-/m0/s1. The average molecular weight is 488 g/mol. The van der Waals surface area contributed by atoms with E-state index in [1.54, 1.807) is 30.3 Å². The number of rotatable bonds is 5. The number of benzene rings is 1. The second kappa shape index (κ2) is 9.78. The molecule has 0 saturated heterocycles. The fourth-order valence-corrected chi connectivity index (χ4v) is 4.58. The smallest absolute Gasteiger partial charge is 0.287 e. The van der Waals surface area contributed by atoms with E-state index in [4.69, 9.17) is 16.3 Å². The maximum Gasteiger partial charge on any atom is 0.287 e. The highest BCUT2D eigenvalue weighted by Gasteiger charge is 2.36. The number of thiophene rings is 1. The lowest BCUT2D eigenvalue weighted by atomic mass is 10.1. The van der Waals surface area contributed by atoms with Gasteiger partial charge in [-0.05, 0) is 36.8 Å². The van der Waals surface area contributed by atoms with Gasteiger partial charge in [0.1, 0.15) is 5.82 Å².